The van der Waals surface area contributed by atoms with Crippen LogP contribution in [0.25, 0.3) is 11.1 Å². The first kappa shape index (κ1) is 18.2. The molecule has 6 nitrogen and oxygen atoms in total. The summed E-state index contributed by atoms with van der Waals surface area (Å²) in [5.41, 5.74) is 3.28. The van der Waals surface area contributed by atoms with Gasteiger partial charge in [-0.2, -0.15) is 0 Å². The number of nitrogens with one attached hydrogen (secondary N) is 1. The van der Waals surface area contributed by atoms with E-state index in [0.29, 0.717) is 25.5 Å². The van der Waals surface area contributed by atoms with Crippen LogP contribution in [-0.4, -0.2) is 50.8 Å². The van der Waals surface area contributed by atoms with Gasteiger partial charge in [0.2, 0.25) is 5.88 Å². The Balaban J connectivity index is 1.85. The number of pyridine rings is 1. The zero-order valence-corrected chi connectivity index (χ0v) is 15.7. The molecule has 138 valence electrons. The highest BCUT2D eigenvalue weighted by Crippen LogP contribution is 2.39. The fraction of sp³-hybridized carbons (Fsp3) is 0.400. The van der Waals surface area contributed by atoms with E-state index in [2.05, 4.69) is 39.5 Å². The van der Waals surface area contributed by atoms with Crippen LogP contribution in [0.5, 0.6) is 5.88 Å². The number of nitrogens with zero attached hydrogens (tertiary/aromatic N) is 2. The molecule has 0 aliphatic carbocycles. The van der Waals surface area contributed by atoms with E-state index in [9.17, 15) is 4.79 Å². The van der Waals surface area contributed by atoms with E-state index in [0.717, 1.165) is 22.4 Å². The standard InChI is InChI=1S/C20H25N3O3/c1-20(19(24)22-11-12-25-4)13-17-16(9-10-21-18(17)26-20)14-5-7-15(8-6-14)23(2)3/h5-10H,11-13H2,1-4H3,(H,22,24). The number of amides is 1. The van der Waals surface area contributed by atoms with Gasteiger partial charge in [0.15, 0.2) is 5.60 Å². The Kier molecular flexibility index (Phi) is 5.13. The Labute approximate surface area is 154 Å². The summed E-state index contributed by atoms with van der Waals surface area (Å²) in [4.78, 5) is 18.9. The number of rotatable bonds is 6. The molecule has 1 amide bonds. The van der Waals surface area contributed by atoms with Crippen molar-refractivity contribution in [2.24, 2.45) is 0 Å². The van der Waals surface area contributed by atoms with Crippen molar-refractivity contribution in [3.63, 3.8) is 0 Å². The van der Waals surface area contributed by atoms with Gasteiger partial charge in [-0.15, -0.1) is 0 Å². The minimum atomic E-state index is -0.956. The van der Waals surface area contributed by atoms with Crippen LogP contribution in [0.15, 0.2) is 36.5 Å². The quantitative estimate of drug-likeness (QED) is 0.806. The molecular formula is C20H25N3O3. The fourth-order valence-corrected chi connectivity index (χ4v) is 3.11. The number of aromatic nitrogens is 1. The molecule has 1 aromatic carbocycles. The molecule has 6 heteroatoms. The lowest BCUT2D eigenvalue weighted by atomic mass is 9.93. The average molecular weight is 355 g/mol. The predicted molar refractivity (Wildman–Crippen MR) is 102 cm³/mol. The number of carbonyl (C=O) groups excluding carboxylic acids is 1. The van der Waals surface area contributed by atoms with Crippen LogP contribution in [-0.2, 0) is 16.0 Å². The van der Waals surface area contributed by atoms with Gasteiger partial charge < -0.3 is 19.7 Å². The van der Waals surface area contributed by atoms with Gasteiger partial charge in [-0.25, -0.2) is 4.98 Å². The van der Waals surface area contributed by atoms with Gasteiger partial charge in [-0.1, -0.05) is 12.1 Å². The number of benzene rings is 1. The van der Waals surface area contributed by atoms with Gasteiger partial charge >= 0.3 is 0 Å². The summed E-state index contributed by atoms with van der Waals surface area (Å²) < 4.78 is 10.9. The molecule has 1 atom stereocenters. The highest BCUT2D eigenvalue weighted by molar-refractivity contribution is 5.87. The fourth-order valence-electron chi connectivity index (χ4n) is 3.11. The summed E-state index contributed by atoms with van der Waals surface area (Å²) in [5.74, 6) is 0.380. The summed E-state index contributed by atoms with van der Waals surface area (Å²) in [5, 5.41) is 2.86. The molecule has 26 heavy (non-hydrogen) atoms. The van der Waals surface area contributed by atoms with Crippen LogP contribution in [0.1, 0.15) is 12.5 Å². The molecule has 0 bridgehead atoms. The highest BCUT2D eigenvalue weighted by Gasteiger charge is 2.43. The van der Waals surface area contributed by atoms with Crippen molar-refractivity contribution in [2.75, 3.05) is 39.3 Å². The molecule has 1 aromatic heterocycles. The summed E-state index contributed by atoms with van der Waals surface area (Å²) in [6.45, 7) is 2.73. The summed E-state index contributed by atoms with van der Waals surface area (Å²) in [7, 11) is 5.63. The monoisotopic (exact) mass is 355 g/mol. The highest BCUT2D eigenvalue weighted by atomic mass is 16.5. The van der Waals surface area contributed by atoms with E-state index < -0.39 is 5.60 Å². The maximum Gasteiger partial charge on any atom is 0.264 e. The first-order valence-corrected chi connectivity index (χ1v) is 8.66. The average Bonchev–Trinajstić information content (AvgIpc) is 2.99. The third-order valence-corrected chi connectivity index (χ3v) is 4.62. The van der Waals surface area contributed by atoms with Gasteiger partial charge in [0.25, 0.3) is 5.91 Å². The number of hydrogen-bond donors (Lipinski definition) is 1. The largest absolute Gasteiger partial charge is 0.461 e. The van der Waals surface area contributed by atoms with Crippen molar-refractivity contribution in [3.8, 4) is 17.0 Å². The van der Waals surface area contributed by atoms with E-state index in [4.69, 9.17) is 9.47 Å². The second-order valence-electron chi connectivity index (χ2n) is 6.84. The van der Waals surface area contributed by atoms with Gasteiger partial charge in [-0.05, 0) is 36.2 Å². The van der Waals surface area contributed by atoms with Crippen molar-refractivity contribution in [3.05, 3.63) is 42.1 Å². The van der Waals surface area contributed by atoms with Crippen LogP contribution < -0.4 is 15.0 Å². The SMILES string of the molecule is COCCNC(=O)C1(C)Cc2c(-c3ccc(N(C)C)cc3)ccnc2O1. The van der Waals surface area contributed by atoms with Crippen LogP contribution in [0.2, 0.25) is 0 Å². The second kappa shape index (κ2) is 7.33. The molecule has 1 aliphatic rings. The zero-order chi connectivity index (χ0) is 18.7. The molecule has 0 saturated heterocycles. The normalized spacial score (nSPS) is 18.2. The van der Waals surface area contributed by atoms with Crippen LogP contribution >= 0.6 is 0 Å². The smallest absolute Gasteiger partial charge is 0.264 e. The Bertz CT molecular complexity index is 789. The lowest BCUT2D eigenvalue weighted by molar-refractivity contribution is -0.134. The third-order valence-electron chi connectivity index (χ3n) is 4.62. The molecule has 0 saturated carbocycles. The van der Waals surface area contributed by atoms with Crippen LogP contribution in [0.3, 0.4) is 0 Å². The minimum absolute atomic E-state index is 0.151. The molecule has 3 rings (SSSR count). The van der Waals surface area contributed by atoms with Gasteiger partial charge in [-0.3, -0.25) is 4.79 Å². The van der Waals surface area contributed by atoms with Crippen molar-refractivity contribution < 1.29 is 14.3 Å². The zero-order valence-electron chi connectivity index (χ0n) is 15.7. The number of ether oxygens (including phenoxy) is 2. The maximum absolute atomic E-state index is 12.6. The van der Waals surface area contributed by atoms with Gasteiger partial charge in [0.1, 0.15) is 0 Å². The molecule has 2 heterocycles. The second-order valence-corrected chi connectivity index (χ2v) is 6.84. The Morgan fingerprint density at radius 3 is 2.69 bits per heavy atom. The van der Waals surface area contributed by atoms with Crippen molar-refractivity contribution >= 4 is 11.6 Å². The van der Waals surface area contributed by atoms with Gasteiger partial charge in [0, 0.05) is 51.6 Å². The summed E-state index contributed by atoms with van der Waals surface area (Å²) >= 11 is 0. The van der Waals surface area contributed by atoms with E-state index >= 15 is 0 Å². The predicted octanol–water partition coefficient (Wildman–Crippen LogP) is 2.27. The van der Waals surface area contributed by atoms with E-state index in [1.165, 1.54) is 0 Å². The van der Waals surface area contributed by atoms with Crippen LogP contribution in [0, 0.1) is 0 Å². The van der Waals surface area contributed by atoms with Crippen LogP contribution in [0.4, 0.5) is 5.69 Å². The van der Waals surface area contributed by atoms with E-state index in [1.54, 1.807) is 20.2 Å². The van der Waals surface area contributed by atoms with Crippen molar-refractivity contribution in [2.45, 2.75) is 18.9 Å². The molecule has 0 fully saturated rings. The van der Waals surface area contributed by atoms with E-state index in [-0.39, 0.29) is 5.91 Å². The summed E-state index contributed by atoms with van der Waals surface area (Å²) in [6.07, 6.45) is 2.21. The molecule has 0 radical (unpaired) electrons. The minimum Gasteiger partial charge on any atom is -0.461 e. The number of methoxy groups -OCH3 is 1. The lowest BCUT2D eigenvalue weighted by Gasteiger charge is -2.22. The number of fused-ring (bicyclic) bond motifs is 1. The number of carbonyl (C=O) groups is 1. The molecular weight excluding hydrogens is 330 g/mol. The topological polar surface area (TPSA) is 63.7 Å². The number of hydrogen-bond acceptors (Lipinski definition) is 5. The molecule has 1 unspecified atom stereocenters. The number of anilines is 1. The maximum atomic E-state index is 12.6. The molecule has 1 aliphatic heterocycles. The first-order chi connectivity index (χ1) is 12.4. The van der Waals surface area contributed by atoms with Crippen molar-refractivity contribution in [1.82, 2.24) is 10.3 Å². The first-order valence-electron chi connectivity index (χ1n) is 8.66. The Morgan fingerprint density at radius 1 is 1.31 bits per heavy atom. The Hall–Kier alpha value is -2.60. The molecule has 1 N–H and O–H groups in total. The molecule has 0 spiro atoms. The Morgan fingerprint density at radius 2 is 2.04 bits per heavy atom. The lowest BCUT2D eigenvalue weighted by Crippen LogP contribution is -2.48. The summed E-state index contributed by atoms with van der Waals surface area (Å²) in [6, 6.07) is 10.3. The van der Waals surface area contributed by atoms with E-state index in [1.807, 2.05) is 20.2 Å². The molecule has 2 aromatic rings. The van der Waals surface area contributed by atoms with Crippen molar-refractivity contribution in [1.29, 1.82) is 0 Å². The van der Waals surface area contributed by atoms with Gasteiger partial charge in [0.05, 0.1) is 6.61 Å². The third kappa shape index (κ3) is 3.51.